The predicted octanol–water partition coefficient (Wildman–Crippen LogP) is 4.39. The highest BCUT2D eigenvalue weighted by Gasteiger charge is 2.64. The Kier molecular flexibility index (Phi) is 2.45. The van der Waals surface area contributed by atoms with Crippen LogP contribution in [-0.4, -0.2) is 11.9 Å². The van der Waals surface area contributed by atoms with Gasteiger partial charge < -0.3 is 0 Å². The van der Waals surface area contributed by atoms with Gasteiger partial charge in [-0.3, -0.25) is 4.90 Å². The van der Waals surface area contributed by atoms with Gasteiger partial charge in [0, 0.05) is 5.56 Å². The molecule has 2 atom stereocenters. The molecular weight excluding hydrogens is 261 g/mol. The van der Waals surface area contributed by atoms with Gasteiger partial charge in [-0.2, -0.15) is 0 Å². The Labute approximate surface area is 125 Å². The standard InChI is InChI=1S/C19H20FN/c1-4-18-13-9-6-7-10-14(13)19(5-2,21(18)3)17-15(18)11-8-12-16(17)20/h6-12H,4-5H2,1-3H3. The van der Waals surface area contributed by atoms with Crippen molar-refractivity contribution in [1.82, 2.24) is 4.90 Å². The third-order valence-corrected chi connectivity index (χ3v) is 5.86. The zero-order valence-corrected chi connectivity index (χ0v) is 12.8. The summed E-state index contributed by atoms with van der Waals surface area (Å²) in [6.07, 6.45) is 1.84. The molecule has 2 aromatic carbocycles. The summed E-state index contributed by atoms with van der Waals surface area (Å²) in [5.74, 6) is -0.0639. The first-order valence-corrected chi connectivity index (χ1v) is 7.78. The maximum absolute atomic E-state index is 14.7. The summed E-state index contributed by atoms with van der Waals surface area (Å²) in [5.41, 5.74) is 4.21. The van der Waals surface area contributed by atoms with E-state index in [1.807, 2.05) is 6.07 Å². The number of hydrogen-bond donors (Lipinski definition) is 0. The van der Waals surface area contributed by atoms with Gasteiger partial charge in [-0.25, -0.2) is 4.39 Å². The molecule has 0 fully saturated rings. The van der Waals surface area contributed by atoms with Gasteiger partial charge in [-0.15, -0.1) is 0 Å². The Morgan fingerprint density at radius 3 is 2.05 bits per heavy atom. The molecule has 0 N–H and O–H groups in total. The van der Waals surface area contributed by atoms with E-state index in [9.17, 15) is 4.39 Å². The Morgan fingerprint density at radius 1 is 0.857 bits per heavy atom. The summed E-state index contributed by atoms with van der Waals surface area (Å²) in [6.45, 7) is 4.37. The van der Waals surface area contributed by atoms with E-state index in [2.05, 4.69) is 56.1 Å². The van der Waals surface area contributed by atoms with Crippen LogP contribution in [0.25, 0.3) is 0 Å². The molecule has 2 unspecified atom stereocenters. The first-order chi connectivity index (χ1) is 10.1. The van der Waals surface area contributed by atoms with Gasteiger partial charge in [0.05, 0.1) is 11.1 Å². The third kappa shape index (κ3) is 1.15. The fraction of sp³-hybridized carbons (Fsp3) is 0.368. The molecule has 108 valence electrons. The minimum absolute atomic E-state index is 0.0639. The maximum Gasteiger partial charge on any atom is 0.128 e. The lowest BCUT2D eigenvalue weighted by Gasteiger charge is -2.36. The zero-order chi connectivity index (χ0) is 14.8. The second kappa shape index (κ2) is 3.95. The van der Waals surface area contributed by atoms with Crippen LogP contribution in [-0.2, 0) is 11.1 Å². The van der Waals surface area contributed by atoms with E-state index in [4.69, 9.17) is 0 Å². The van der Waals surface area contributed by atoms with E-state index in [0.29, 0.717) is 0 Å². The van der Waals surface area contributed by atoms with Crippen LogP contribution < -0.4 is 0 Å². The van der Waals surface area contributed by atoms with Crippen LogP contribution in [0, 0.1) is 5.82 Å². The highest BCUT2D eigenvalue weighted by atomic mass is 19.1. The average molecular weight is 281 g/mol. The lowest BCUT2D eigenvalue weighted by atomic mass is 9.70. The van der Waals surface area contributed by atoms with Crippen LogP contribution in [0.1, 0.15) is 48.9 Å². The van der Waals surface area contributed by atoms with E-state index < -0.39 is 0 Å². The molecule has 0 aromatic heterocycles. The Bertz CT molecular complexity index is 738. The van der Waals surface area contributed by atoms with Crippen molar-refractivity contribution in [3.05, 3.63) is 70.5 Å². The molecule has 0 radical (unpaired) electrons. The molecule has 2 aliphatic rings. The normalized spacial score (nSPS) is 29.5. The molecule has 1 nitrogen and oxygen atoms in total. The van der Waals surface area contributed by atoms with Crippen molar-refractivity contribution in [1.29, 1.82) is 0 Å². The average Bonchev–Trinajstić information content (AvgIpc) is 2.88. The van der Waals surface area contributed by atoms with Crippen molar-refractivity contribution in [2.75, 3.05) is 7.05 Å². The first-order valence-electron chi connectivity index (χ1n) is 7.78. The summed E-state index contributed by atoms with van der Waals surface area (Å²) in [5, 5.41) is 0. The lowest BCUT2D eigenvalue weighted by Crippen LogP contribution is -2.42. The molecule has 0 amide bonds. The number of nitrogens with zero attached hydrogens (tertiary/aromatic N) is 1. The summed E-state index contributed by atoms with van der Waals surface area (Å²) in [4.78, 5) is 2.42. The summed E-state index contributed by atoms with van der Waals surface area (Å²) < 4.78 is 14.7. The van der Waals surface area contributed by atoms with Crippen molar-refractivity contribution in [3.8, 4) is 0 Å². The van der Waals surface area contributed by atoms with Gasteiger partial charge in [-0.05, 0) is 42.6 Å². The second-order valence-electron chi connectivity index (χ2n) is 6.19. The molecule has 2 aromatic rings. The van der Waals surface area contributed by atoms with Gasteiger partial charge >= 0.3 is 0 Å². The number of benzene rings is 2. The molecule has 2 bridgehead atoms. The Morgan fingerprint density at radius 2 is 1.43 bits per heavy atom. The molecule has 2 heteroatoms. The molecule has 4 rings (SSSR count). The molecule has 21 heavy (non-hydrogen) atoms. The zero-order valence-electron chi connectivity index (χ0n) is 12.8. The van der Waals surface area contributed by atoms with E-state index >= 15 is 0 Å². The minimum atomic E-state index is -0.312. The van der Waals surface area contributed by atoms with Crippen LogP contribution in [0.5, 0.6) is 0 Å². The number of fused-ring (bicyclic) bond motifs is 8. The van der Waals surface area contributed by atoms with E-state index in [1.165, 1.54) is 11.1 Å². The topological polar surface area (TPSA) is 3.24 Å². The van der Waals surface area contributed by atoms with Crippen molar-refractivity contribution in [3.63, 3.8) is 0 Å². The molecule has 2 aliphatic heterocycles. The van der Waals surface area contributed by atoms with Crippen LogP contribution in [0.15, 0.2) is 42.5 Å². The quantitative estimate of drug-likeness (QED) is 0.789. The summed E-state index contributed by atoms with van der Waals surface area (Å²) >= 11 is 0. The molecule has 0 saturated heterocycles. The number of rotatable bonds is 2. The van der Waals surface area contributed by atoms with Crippen LogP contribution in [0.2, 0.25) is 0 Å². The fourth-order valence-corrected chi connectivity index (χ4v) is 5.03. The second-order valence-corrected chi connectivity index (χ2v) is 6.19. The van der Waals surface area contributed by atoms with Crippen LogP contribution in [0.4, 0.5) is 4.39 Å². The largest absolute Gasteiger partial charge is 0.279 e. The smallest absolute Gasteiger partial charge is 0.128 e. The molecule has 0 saturated carbocycles. The molecular formula is C19H20FN. The van der Waals surface area contributed by atoms with Crippen molar-refractivity contribution < 1.29 is 4.39 Å². The van der Waals surface area contributed by atoms with Gasteiger partial charge in [0.15, 0.2) is 0 Å². The Hall–Kier alpha value is -1.67. The van der Waals surface area contributed by atoms with Gasteiger partial charge in [0.25, 0.3) is 0 Å². The van der Waals surface area contributed by atoms with Crippen molar-refractivity contribution >= 4 is 0 Å². The molecule has 0 aliphatic carbocycles. The molecule has 2 heterocycles. The fourth-order valence-electron chi connectivity index (χ4n) is 5.03. The van der Waals surface area contributed by atoms with Crippen LogP contribution in [0.3, 0.4) is 0 Å². The monoisotopic (exact) mass is 281 g/mol. The van der Waals surface area contributed by atoms with Crippen LogP contribution >= 0.6 is 0 Å². The maximum atomic E-state index is 14.7. The third-order valence-electron chi connectivity index (χ3n) is 5.86. The SMILES string of the molecule is CCC12c3ccccc3C(CC)(c3c(F)cccc31)N2C. The van der Waals surface area contributed by atoms with E-state index in [1.54, 1.807) is 6.07 Å². The number of hydrogen-bond acceptors (Lipinski definition) is 1. The van der Waals surface area contributed by atoms with Gasteiger partial charge in [-0.1, -0.05) is 50.2 Å². The highest BCUT2D eigenvalue weighted by Crippen LogP contribution is 2.65. The van der Waals surface area contributed by atoms with Gasteiger partial charge in [0.1, 0.15) is 5.82 Å². The minimum Gasteiger partial charge on any atom is -0.279 e. The van der Waals surface area contributed by atoms with Crippen molar-refractivity contribution in [2.24, 2.45) is 0 Å². The predicted molar refractivity (Wildman–Crippen MR) is 82.7 cm³/mol. The van der Waals surface area contributed by atoms with Crippen molar-refractivity contribution in [2.45, 2.75) is 37.8 Å². The molecule has 0 spiro atoms. The highest BCUT2D eigenvalue weighted by molar-refractivity contribution is 5.65. The van der Waals surface area contributed by atoms with E-state index in [0.717, 1.165) is 24.0 Å². The van der Waals surface area contributed by atoms with E-state index in [-0.39, 0.29) is 16.9 Å². The summed E-state index contributed by atoms with van der Waals surface area (Å²) in [6, 6.07) is 14.2. The Balaban J connectivity index is 2.20. The number of halogens is 1. The van der Waals surface area contributed by atoms with Gasteiger partial charge in [0.2, 0.25) is 0 Å². The summed E-state index contributed by atoms with van der Waals surface area (Å²) in [7, 11) is 2.16. The lowest BCUT2D eigenvalue weighted by molar-refractivity contribution is 0.102. The first kappa shape index (κ1) is 13.0.